The van der Waals surface area contributed by atoms with Gasteiger partial charge in [-0.3, -0.25) is 4.79 Å². The fraction of sp³-hybridized carbons (Fsp3) is 0.278. The number of hydrogen-bond donors (Lipinski definition) is 1. The first-order valence-corrected chi connectivity index (χ1v) is 8.47. The molecule has 2 aromatic carbocycles. The molecular weight excluding hydrogens is 308 g/mol. The predicted octanol–water partition coefficient (Wildman–Crippen LogP) is 3.36. The average Bonchev–Trinajstić information content (AvgIpc) is 2.55. The van der Waals surface area contributed by atoms with Crippen molar-refractivity contribution in [3.8, 4) is 5.75 Å². The van der Waals surface area contributed by atoms with Gasteiger partial charge in [0, 0.05) is 17.1 Å². The molecule has 0 spiro atoms. The summed E-state index contributed by atoms with van der Waals surface area (Å²) in [4.78, 5) is 15.1. The van der Waals surface area contributed by atoms with Crippen LogP contribution in [-0.2, 0) is 4.79 Å². The average molecular weight is 330 g/mol. The van der Waals surface area contributed by atoms with Crippen LogP contribution in [0.1, 0.15) is 0 Å². The van der Waals surface area contributed by atoms with E-state index in [0.717, 1.165) is 22.9 Å². The number of anilines is 1. The summed E-state index contributed by atoms with van der Waals surface area (Å²) in [7, 11) is 4.02. The van der Waals surface area contributed by atoms with Gasteiger partial charge >= 0.3 is 0 Å². The molecule has 0 atom stereocenters. The van der Waals surface area contributed by atoms with Crippen molar-refractivity contribution in [3.63, 3.8) is 0 Å². The number of carbonyl (C=O) groups excluding carboxylic acids is 1. The second-order valence-corrected chi connectivity index (χ2v) is 6.37. The summed E-state index contributed by atoms with van der Waals surface area (Å²) in [6.07, 6.45) is 0. The lowest BCUT2D eigenvalue weighted by Gasteiger charge is -2.11. The third kappa shape index (κ3) is 6.76. The second-order valence-electron chi connectivity index (χ2n) is 5.33. The molecule has 23 heavy (non-hydrogen) atoms. The van der Waals surface area contributed by atoms with E-state index in [0.29, 0.717) is 12.4 Å². The van der Waals surface area contributed by atoms with Crippen molar-refractivity contribution in [1.82, 2.24) is 4.90 Å². The molecule has 2 aromatic rings. The first kappa shape index (κ1) is 17.4. The van der Waals surface area contributed by atoms with Crippen molar-refractivity contribution >= 4 is 23.4 Å². The fourth-order valence-electron chi connectivity index (χ4n) is 1.84. The van der Waals surface area contributed by atoms with Crippen LogP contribution in [0, 0.1) is 0 Å². The Balaban J connectivity index is 1.75. The molecule has 2 rings (SSSR count). The quantitative estimate of drug-likeness (QED) is 0.754. The van der Waals surface area contributed by atoms with E-state index in [-0.39, 0.29) is 5.91 Å². The lowest BCUT2D eigenvalue weighted by atomic mass is 10.3. The van der Waals surface area contributed by atoms with Gasteiger partial charge in [0.25, 0.3) is 0 Å². The van der Waals surface area contributed by atoms with Crippen LogP contribution < -0.4 is 10.1 Å². The minimum absolute atomic E-state index is 0.0138. The van der Waals surface area contributed by atoms with Gasteiger partial charge in [-0.1, -0.05) is 18.2 Å². The molecule has 1 amide bonds. The minimum Gasteiger partial charge on any atom is -0.492 e. The first-order chi connectivity index (χ1) is 11.1. The largest absolute Gasteiger partial charge is 0.492 e. The molecule has 0 bridgehead atoms. The van der Waals surface area contributed by atoms with Crippen LogP contribution in [0.15, 0.2) is 59.5 Å². The van der Waals surface area contributed by atoms with Gasteiger partial charge in [-0.25, -0.2) is 0 Å². The van der Waals surface area contributed by atoms with E-state index in [2.05, 4.69) is 10.2 Å². The highest BCUT2D eigenvalue weighted by atomic mass is 32.2. The summed E-state index contributed by atoms with van der Waals surface area (Å²) in [5.41, 5.74) is 0.781. The maximum absolute atomic E-state index is 11.9. The Hall–Kier alpha value is -1.98. The molecule has 0 aliphatic carbocycles. The van der Waals surface area contributed by atoms with Crippen molar-refractivity contribution in [3.05, 3.63) is 54.6 Å². The number of rotatable bonds is 8. The fourth-order valence-corrected chi connectivity index (χ4v) is 2.56. The summed E-state index contributed by atoms with van der Waals surface area (Å²) in [6, 6.07) is 17.4. The SMILES string of the molecule is CN(C)CCOc1ccc(NC(=O)CSc2ccccc2)cc1. The Bertz CT molecular complexity index is 600. The Labute approximate surface area is 141 Å². The third-order valence-corrected chi connectivity index (χ3v) is 4.07. The number of nitrogens with zero attached hydrogens (tertiary/aromatic N) is 1. The molecular formula is C18H22N2O2S. The molecule has 0 saturated carbocycles. The number of amides is 1. The normalized spacial score (nSPS) is 10.6. The van der Waals surface area contributed by atoms with E-state index >= 15 is 0 Å². The van der Waals surface area contributed by atoms with Crippen molar-refractivity contribution in [1.29, 1.82) is 0 Å². The van der Waals surface area contributed by atoms with Crippen LogP contribution in [0.5, 0.6) is 5.75 Å². The molecule has 122 valence electrons. The zero-order chi connectivity index (χ0) is 16.5. The molecule has 4 nitrogen and oxygen atoms in total. The van der Waals surface area contributed by atoms with E-state index in [9.17, 15) is 4.79 Å². The molecule has 5 heteroatoms. The summed E-state index contributed by atoms with van der Waals surface area (Å²) in [5.74, 6) is 1.19. The molecule has 0 aliphatic heterocycles. The van der Waals surface area contributed by atoms with E-state index in [1.165, 1.54) is 11.8 Å². The molecule has 0 saturated heterocycles. The van der Waals surface area contributed by atoms with Crippen molar-refractivity contribution in [2.45, 2.75) is 4.90 Å². The van der Waals surface area contributed by atoms with Crippen LogP contribution in [0.2, 0.25) is 0 Å². The van der Waals surface area contributed by atoms with Crippen molar-refractivity contribution in [2.24, 2.45) is 0 Å². The predicted molar refractivity (Wildman–Crippen MR) is 96.3 cm³/mol. The van der Waals surface area contributed by atoms with Gasteiger partial charge in [0.05, 0.1) is 5.75 Å². The van der Waals surface area contributed by atoms with Gasteiger partial charge in [0.2, 0.25) is 5.91 Å². The summed E-state index contributed by atoms with van der Waals surface area (Å²) in [6.45, 7) is 1.52. The van der Waals surface area contributed by atoms with Gasteiger partial charge in [0.1, 0.15) is 12.4 Å². The van der Waals surface area contributed by atoms with E-state index in [4.69, 9.17) is 4.74 Å². The van der Waals surface area contributed by atoms with Crippen LogP contribution in [0.3, 0.4) is 0 Å². The first-order valence-electron chi connectivity index (χ1n) is 7.49. The molecule has 0 radical (unpaired) electrons. The Morgan fingerprint density at radius 1 is 1.09 bits per heavy atom. The zero-order valence-corrected chi connectivity index (χ0v) is 14.3. The van der Waals surface area contributed by atoms with E-state index in [1.54, 1.807) is 0 Å². The molecule has 0 aliphatic rings. The standard InChI is InChI=1S/C18H22N2O2S/c1-20(2)12-13-22-16-10-8-15(9-11-16)19-18(21)14-23-17-6-4-3-5-7-17/h3-11H,12-14H2,1-2H3,(H,19,21). The van der Waals surface area contributed by atoms with Gasteiger partial charge in [-0.05, 0) is 50.5 Å². The van der Waals surface area contributed by atoms with E-state index in [1.807, 2.05) is 68.7 Å². The summed E-state index contributed by atoms with van der Waals surface area (Å²) >= 11 is 1.52. The number of hydrogen-bond acceptors (Lipinski definition) is 4. The summed E-state index contributed by atoms with van der Waals surface area (Å²) in [5, 5.41) is 2.89. The number of carbonyl (C=O) groups is 1. The maximum atomic E-state index is 11.9. The number of nitrogens with one attached hydrogen (secondary N) is 1. The van der Waals surface area contributed by atoms with Crippen LogP contribution >= 0.6 is 11.8 Å². The monoisotopic (exact) mass is 330 g/mol. The molecule has 0 aromatic heterocycles. The maximum Gasteiger partial charge on any atom is 0.234 e. The highest BCUT2D eigenvalue weighted by molar-refractivity contribution is 8.00. The number of likely N-dealkylation sites (N-methyl/N-ethyl adjacent to an activating group) is 1. The lowest BCUT2D eigenvalue weighted by Crippen LogP contribution is -2.19. The molecule has 1 N–H and O–H groups in total. The smallest absolute Gasteiger partial charge is 0.234 e. The second kappa shape index (κ2) is 9.22. The number of thioether (sulfide) groups is 1. The zero-order valence-electron chi connectivity index (χ0n) is 13.5. The Morgan fingerprint density at radius 2 is 1.78 bits per heavy atom. The third-order valence-electron chi connectivity index (χ3n) is 3.06. The van der Waals surface area contributed by atoms with Crippen LogP contribution in [0.25, 0.3) is 0 Å². The van der Waals surface area contributed by atoms with Gasteiger partial charge in [-0.15, -0.1) is 11.8 Å². The van der Waals surface area contributed by atoms with Crippen LogP contribution in [0.4, 0.5) is 5.69 Å². The minimum atomic E-state index is -0.0138. The molecule has 0 heterocycles. The molecule has 0 unspecified atom stereocenters. The topological polar surface area (TPSA) is 41.6 Å². The van der Waals surface area contributed by atoms with Crippen LogP contribution in [-0.4, -0.2) is 43.8 Å². The Morgan fingerprint density at radius 3 is 2.43 bits per heavy atom. The van der Waals surface area contributed by atoms with E-state index < -0.39 is 0 Å². The van der Waals surface area contributed by atoms with Crippen molar-refractivity contribution in [2.75, 3.05) is 38.3 Å². The number of ether oxygens (including phenoxy) is 1. The van der Waals surface area contributed by atoms with Gasteiger partial charge in [0.15, 0.2) is 0 Å². The van der Waals surface area contributed by atoms with Gasteiger partial charge in [-0.2, -0.15) is 0 Å². The summed E-state index contributed by atoms with van der Waals surface area (Å²) < 4.78 is 5.62. The Kier molecular flexibility index (Phi) is 6.97. The highest BCUT2D eigenvalue weighted by Gasteiger charge is 2.04. The molecule has 0 fully saturated rings. The lowest BCUT2D eigenvalue weighted by molar-refractivity contribution is -0.113. The van der Waals surface area contributed by atoms with Crippen molar-refractivity contribution < 1.29 is 9.53 Å². The highest BCUT2D eigenvalue weighted by Crippen LogP contribution is 2.19. The number of benzene rings is 2. The van der Waals surface area contributed by atoms with Gasteiger partial charge < -0.3 is 15.0 Å².